The molecule has 6 nitrogen and oxygen atoms in total. The van der Waals surface area contributed by atoms with Crippen molar-refractivity contribution < 1.29 is 14.3 Å². The second-order valence-corrected chi connectivity index (χ2v) is 9.34. The molecule has 3 aliphatic heterocycles. The third-order valence-corrected chi connectivity index (χ3v) is 7.64. The highest BCUT2D eigenvalue weighted by Crippen LogP contribution is 2.51. The number of ether oxygens (including phenoxy) is 1. The first-order valence-electron chi connectivity index (χ1n) is 11.0. The predicted molar refractivity (Wildman–Crippen MR) is 103 cm³/mol. The van der Waals surface area contributed by atoms with Crippen LogP contribution in [-0.4, -0.2) is 67.2 Å². The molecule has 27 heavy (non-hydrogen) atoms. The zero-order valence-electron chi connectivity index (χ0n) is 16.9. The van der Waals surface area contributed by atoms with E-state index >= 15 is 0 Å². The summed E-state index contributed by atoms with van der Waals surface area (Å²) in [6.07, 6.45) is 6.41. The van der Waals surface area contributed by atoms with Gasteiger partial charge in [0.25, 0.3) is 0 Å². The van der Waals surface area contributed by atoms with Gasteiger partial charge in [0.05, 0.1) is 6.61 Å². The zero-order chi connectivity index (χ0) is 19.0. The van der Waals surface area contributed by atoms with E-state index in [4.69, 9.17) is 4.74 Å². The summed E-state index contributed by atoms with van der Waals surface area (Å²) in [6, 6.07) is 0.386. The summed E-state index contributed by atoms with van der Waals surface area (Å²) in [7, 11) is 0. The molecular formula is C21H35N3O3. The SMILES string of the molecule is CCOC(=O)N1CCC2(CC(N3CCC(C)C(C4CCNCC4)C3=O)C2)C1. The maximum absolute atomic E-state index is 13.4. The number of likely N-dealkylation sites (tertiary alicyclic amines) is 2. The van der Waals surface area contributed by atoms with Crippen LogP contribution in [0, 0.1) is 23.2 Å². The molecule has 0 aromatic carbocycles. The summed E-state index contributed by atoms with van der Waals surface area (Å²) >= 11 is 0. The molecule has 1 aliphatic carbocycles. The van der Waals surface area contributed by atoms with Crippen LogP contribution in [0.15, 0.2) is 0 Å². The number of amides is 2. The Hall–Kier alpha value is -1.30. The minimum Gasteiger partial charge on any atom is -0.450 e. The van der Waals surface area contributed by atoms with Gasteiger partial charge in [-0.15, -0.1) is 0 Å². The van der Waals surface area contributed by atoms with Gasteiger partial charge in [-0.3, -0.25) is 4.79 Å². The largest absolute Gasteiger partial charge is 0.450 e. The van der Waals surface area contributed by atoms with Crippen LogP contribution in [0.3, 0.4) is 0 Å². The van der Waals surface area contributed by atoms with E-state index in [1.807, 2.05) is 11.8 Å². The lowest BCUT2D eigenvalue weighted by Gasteiger charge is -2.53. The fourth-order valence-electron chi connectivity index (χ4n) is 6.10. The zero-order valence-corrected chi connectivity index (χ0v) is 16.9. The van der Waals surface area contributed by atoms with Crippen LogP contribution in [0.25, 0.3) is 0 Å². The summed E-state index contributed by atoms with van der Waals surface area (Å²) in [5.41, 5.74) is 0.227. The molecule has 4 rings (SSSR count). The van der Waals surface area contributed by atoms with Crippen molar-refractivity contribution in [2.45, 2.75) is 58.4 Å². The van der Waals surface area contributed by atoms with E-state index in [2.05, 4.69) is 17.1 Å². The van der Waals surface area contributed by atoms with Crippen LogP contribution in [0.1, 0.15) is 52.4 Å². The summed E-state index contributed by atoms with van der Waals surface area (Å²) in [4.78, 5) is 29.4. The fourth-order valence-corrected chi connectivity index (χ4v) is 6.10. The minimum atomic E-state index is -0.174. The topological polar surface area (TPSA) is 61.9 Å². The quantitative estimate of drug-likeness (QED) is 0.821. The Morgan fingerprint density at radius 1 is 1.22 bits per heavy atom. The standard InChI is InChI=1S/C21H35N3O3/c1-3-27-20(26)23-11-7-21(14-23)12-17(13-21)24-10-6-15(2)18(19(24)25)16-4-8-22-9-5-16/h15-18,22H,3-14H2,1-2H3. The van der Waals surface area contributed by atoms with Gasteiger partial charge < -0.3 is 19.9 Å². The summed E-state index contributed by atoms with van der Waals surface area (Å²) < 4.78 is 5.16. The third-order valence-electron chi connectivity index (χ3n) is 7.64. The lowest BCUT2D eigenvalue weighted by molar-refractivity contribution is -0.152. The van der Waals surface area contributed by atoms with Gasteiger partial charge in [-0.2, -0.15) is 0 Å². The van der Waals surface area contributed by atoms with Crippen molar-refractivity contribution in [1.29, 1.82) is 0 Å². The molecule has 4 aliphatic rings. The first-order chi connectivity index (χ1) is 13.0. The third kappa shape index (κ3) is 3.57. The first-order valence-corrected chi connectivity index (χ1v) is 11.0. The molecule has 152 valence electrons. The van der Waals surface area contributed by atoms with Crippen molar-refractivity contribution in [1.82, 2.24) is 15.1 Å². The Kier molecular flexibility index (Phi) is 5.36. The average molecular weight is 378 g/mol. The maximum Gasteiger partial charge on any atom is 0.409 e. The molecular weight excluding hydrogens is 342 g/mol. The Labute approximate surface area is 163 Å². The van der Waals surface area contributed by atoms with Crippen LogP contribution in [0.5, 0.6) is 0 Å². The smallest absolute Gasteiger partial charge is 0.409 e. The van der Waals surface area contributed by atoms with Crippen LogP contribution in [-0.2, 0) is 9.53 Å². The normalized spacial score (nSPS) is 37.6. The van der Waals surface area contributed by atoms with Gasteiger partial charge in [0.15, 0.2) is 0 Å². The van der Waals surface area contributed by atoms with E-state index in [1.54, 1.807) is 0 Å². The second kappa shape index (κ2) is 7.61. The Bertz CT molecular complexity index is 569. The minimum absolute atomic E-state index is 0.174. The number of carbonyl (C=O) groups excluding carboxylic acids is 2. The molecule has 1 N–H and O–H groups in total. The first kappa shape index (κ1) is 19.0. The molecule has 0 aromatic rings. The Balaban J connectivity index is 1.35. The van der Waals surface area contributed by atoms with Gasteiger partial charge in [-0.25, -0.2) is 4.79 Å². The average Bonchev–Trinajstić information content (AvgIpc) is 3.08. The van der Waals surface area contributed by atoms with Crippen molar-refractivity contribution in [3.05, 3.63) is 0 Å². The van der Waals surface area contributed by atoms with Crippen molar-refractivity contribution in [2.75, 3.05) is 39.3 Å². The highest BCUT2D eigenvalue weighted by atomic mass is 16.6. The lowest BCUT2D eigenvalue weighted by Crippen LogP contribution is -2.59. The molecule has 2 amide bonds. The number of piperidine rings is 2. The van der Waals surface area contributed by atoms with Gasteiger partial charge in [0.2, 0.25) is 5.91 Å². The lowest BCUT2D eigenvalue weighted by atomic mass is 9.63. The van der Waals surface area contributed by atoms with Gasteiger partial charge in [-0.1, -0.05) is 6.92 Å². The molecule has 4 fully saturated rings. The Morgan fingerprint density at radius 2 is 1.96 bits per heavy atom. The molecule has 0 bridgehead atoms. The molecule has 3 saturated heterocycles. The van der Waals surface area contributed by atoms with Crippen molar-refractivity contribution in [3.63, 3.8) is 0 Å². The van der Waals surface area contributed by atoms with Crippen molar-refractivity contribution in [2.24, 2.45) is 23.2 Å². The summed E-state index contributed by atoms with van der Waals surface area (Å²) in [5, 5.41) is 3.43. The molecule has 1 saturated carbocycles. The van der Waals surface area contributed by atoms with E-state index in [0.717, 1.165) is 71.2 Å². The Morgan fingerprint density at radius 3 is 2.67 bits per heavy atom. The van der Waals surface area contributed by atoms with E-state index in [9.17, 15) is 9.59 Å². The van der Waals surface area contributed by atoms with Crippen molar-refractivity contribution in [3.8, 4) is 0 Å². The molecule has 2 unspecified atom stereocenters. The highest BCUT2D eigenvalue weighted by Gasteiger charge is 2.53. The van der Waals surface area contributed by atoms with Crippen molar-refractivity contribution >= 4 is 12.0 Å². The van der Waals surface area contributed by atoms with Gasteiger partial charge in [0, 0.05) is 31.6 Å². The van der Waals surface area contributed by atoms with Gasteiger partial charge in [0.1, 0.15) is 0 Å². The molecule has 3 heterocycles. The highest BCUT2D eigenvalue weighted by molar-refractivity contribution is 5.80. The van der Waals surface area contributed by atoms with Crippen LogP contribution >= 0.6 is 0 Å². The molecule has 0 aromatic heterocycles. The second-order valence-electron chi connectivity index (χ2n) is 9.34. The van der Waals surface area contributed by atoms with E-state index in [-0.39, 0.29) is 17.4 Å². The molecule has 2 atom stereocenters. The number of rotatable bonds is 3. The number of hydrogen-bond donors (Lipinski definition) is 1. The fraction of sp³-hybridized carbons (Fsp3) is 0.905. The van der Waals surface area contributed by atoms with Crippen LogP contribution in [0.4, 0.5) is 4.79 Å². The van der Waals surface area contributed by atoms with Crippen LogP contribution in [0.2, 0.25) is 0 Å². The van der Waals surface area contributed by atoms with Gasteiger partial charge >= 0.3 is 6.09 Å². The van der Waals surface area contributed by atoms with Crippen LogP contribution < -0.4 is 5.32 Å². The molecule has 6 heteroatoms. The summed E-state index contributed by atoms with van der Waals surface area (Å²) in [6.45, 7) is 9.19. The maximum atomic E-state index is 13.4. The number of nitrogens with one attached hydrogen (secondary N) is 1. The number of hydrogen-bond acceptors (Lipinski definition) is 4. The monoisotopic (exact) mass is 377 g/mol. The molecule has 1 spiro atoms. The van der Waals surface area contributed by atoms with E-state index in [0.29, 0.717) is 30.4 Å². The number of carbonyl (C=O) groups is 2. The summed E-state index contributed by atoms with van der Waals surface area (Å²) in [5.74, 6) is 1.70. The predicted octanol–water partition coefficient (Wildman–Crippen LogP) is 2.48. The van der Waals surface area contributed by atoms with E-state index < -0.39 is 0 Å². The van der Waals surface area contributed by atoms with Gasteiger partial charge in [-0.05, 0) is 75.8 Å². The number of nitrogens with zero attached hydrogens (tertiary/aromatic N) is 2. The van der Waals surface area contributed by atoms with E-state index in [1.165, 1.54) is 0 Å². The molecule has 0 radical (unpaired) electrons.